The topological polar surface area (TPSA) is 70.6 Å². The van der Waals surface area contributed by atoms with Crippen LogP contribution in [0.4, 0.5) is 10.1 Å². The summed E-state index contributed by atoms with van der Waals surface area (Å²) in [5, 5.41) is 6.09. The maximum absolute atomic E-state index is 13.4. The SMILES string of the molecule is Cc1ccc(C)c(NC(=O)C(=O)N/N=C/c2ccccc2F)c1. The molecule has 0 aliphatic heterocycles. The van der Waals surface area contributed by atoms with Crippen LogP contribution in [0.3, 0.4) is 0 Å². The molecule has 0 saturated heterocycles. The number of anilines is 1. The first-order chi connectivity index (χ1) is 11.0. The van der Waals surface area contributed by atoms with Crippen LogP contribution < -0.4 is 10.7 Å². The molecule has 118 valence electrons. The minimum atomic E-state index is -0.932. The zero-order valence-electron chi connectivity index (χ0n) is 12.8. The number of hydrazone groups is 1. The maximum Gasteiger partial charge on any atom is 0.329 e. The van der Waals surface area contributed by atoms with Crippen molar-refractivity contribution in [3.63, 3.8) is 0 Å². The van der Waals surface area contributed by atoms with Crippen molar-refractivity contribution in [1.82, 2.24) is 5.43 Å². The molecule has 2 rings (SSSR count). The van der Waals surface area contributed by atoms with Crippen LogP contribution in [0.2, 0.25) is 0 Å². The third kappa shape index (κ3) is 4.47. The fraction of sp³-hybridized carbons (Fsp3) is 0.118. The Morgan fingerprint density at radius 3 is 2.57 bits per heavy atom. The molecular weight excluding hydrogens is 297 g/mol. The van der Waals surface area contributed by atoms with Crippen LogP contribution in [-0.2, 0) is 9.59 Å². The smallest absolute Gasteiger partial charge is 0.317 e. The van der Waals surface area contributed by atoms with Gasteiger partial charge in [0.25, 0.3) is 0 Å². The first-order valence-corrected chi connectivity index (χ1v) is 6.93. The van der Waals surface area contributed by atoms with Crippen molar-refractivity contribution in [2.75, 3.05) is 5.32 Å². The standard InChI is InChI=1S/C17H16FN3O2/c1-11-7-8-12(2)15(9-11)20-16(22)17(23)21-19-10-13-5-3-4-6-14(13)18/h3-10H,1-2H3,(H,20,22)(H,21,23)/b19-10+. The van der Waals surface area contributed by atoms with E-state index in [1.54, 1.807) is 18.2 Å². The van der Waals surface area contributed by atoms with Gasteiger partial charge in [0.1, 0.15) is 5.82 Å². The largest absolute Gasteiger partial charge is 0.329 e. The number of hydrogen-bond donors (Lipinski definition) is 2. The number of hydrogen-bond acceptors (Lipinski definition) is 3. The maximum atomic E-state index is 13.4. The average molecular weight is 313 g/mol. The van der Waals surface area contributed by atoms with Crippen LogP contribution in [0.5, 0.6) is 0 Å². The second-order valence-electron chi connectivity index (χ2n) is 4.99. The normalized spacial score (nSPS) is 10.6. The molecule has 0 radical (unpaired) electrons. The number of halogens is 1. The molecular formula is C17H16FN3O2. The molecule has 2 N–H and O–H groups in total. The lowest BCUT2D eigenvalue weighted by atomic mass is 10.1. The number of rotatable bonds is 3. The van der Waals surface area contributed by atoms with E-state index in [1.807, 2.05) is 26.0 Å². The Balaban J connectivity index is 1.97. The van der Waals surface area contributed by atoms with Crippen molar-refractivity contribution in [2.24, 2.45) is 5.10 Å². The predicted molar refractivity (Wildman–Crippen MR) is 86.7 cm³/mol. The van der Waals surface area contributed by atoms with Crippen LogP contribution >= 0.6 is 0 Å². The van der Waals surface area contributed by atoms with Gasteiger partial charge in [-0.2, -0.15) is 5.10 Å². The van der Waals surface area contributed by atoms with Crippen molar-refractivity contribution < 1.29 is 14.0 Å². The molecule has 2 amide bonds. The Labute approximate surface area is 133 Å². The van der Waals surface area contributed by atoms with Gasteiger partial charge in [0.15, 0.2) is 0 Å². The average Bonchev–Trinajstić information content (AvgIpc) is 2.52. The summed E-state index contributed by atoms with van der Waals surface area (Å²) in [6, 6.07) is 11.5. The van der Waals surface area contributed by atoms with E-state index in [0.717, 1.165) is 17.3 Å². The van der Waals surface area contributed by atoms with Gasteiger partial charge in [0.05, 0.1) is 6.21 Å². The number of amides is 2. The number of carbonyl (C=O) groups excluding carboxylic acids is 2. The summed E-state index contributed by atoms with van der Waals surface area (Å²) in [4.78, 5) is 23.5. The molecule has 5 nitrogen and oxygen atoms in total. The summed E-state index contributed by atoms with van der Waals surface area (Å²) in [6.07, 6.45) is 1.14. The highest BCUT2D eigenvalue weighted by Gasteiger charge is 2.14. The Kier molecular flexibility index (Phi) is 5.19. The highest BCUT2D eigenvalue weighted by Crippen LogP contribution is 2.16. The van der Waals surface area contributed by atoms with Crippen molar-refractivity contribution in [3.8, 4) is 0 Å². The van der Waals surface area contributed by atoms with Crippen LogP contribution in [0.15, 0.2) is 47.6 Å². The number of carbonyl (C=O) groups is 2. The quantitative estimate of drug-likeness (QED) is 0.519. The molecule has 0 unspecified atom stereocenters. The molecule has 0 saturated carbocycles. The summed E-state index contributed by atoms with van der Waals surface area (Å²) in [7, 11) is 0. The Hall–Kier alpha value is -3.02. The van der Waals surface area contributed by atoms with Crippen LogP contribution in [0.25, 0.3) is 0 Å². The molecule has 0 aromatic heterocycles. The minimum Gasteiger partial charge on any atom is -0.317 e. The zero-order valence-corrected chi connectivity index (χ0v) is 12.8. The zero-order chi connectivity index (χ0) is 16.8. The lowest BCUT2D eigenvalue weighted by Gasteiger charge is -2.08. The molecule has 2 aromatic rings. The first-order valence-electron chi connectivity index (χ1n) is 6.93. The van der Waals surface area contributed by atoms with Gasteiger partial charge >= 0.3 is 11.8 Å². The van der Waals surface area contributed by atoms with E-state index < -0.39 is 17.6 Å². The van der Waals surface area contributed by atoms with Crippen LogP contribution in [-0.4, -0.2) is 18.0 Å². The fourth-order valence-electron chi connectivity index (χ4n) is 1.84. The summed E-state index contributed by atoms with van der Waals surface area (Å²) in [5.74, 6) is -2.24. The molecule has 6 heteroatoms. The second kappa shape index (κ2) is 7.31. The van der Waals surface area contributed by atoms with E-state index in [0.29, 0.717) is 5.69 Å². The Morgan fingerprint density at radius 1 is 1.09 bits per heavy atom. The summed E-state index contributed by atoms with van der Waals surface area (Å²) in [5.41, 5.74) is 4.64. The molecule has 0 spiro atoms. The van der Waals surface area contributed by atoms with E-state index >= 15 is 0 Å². The molecule has 0 fully saturated rings. The van der Waals surface area contributed by atoms with E-state index in [1.165, 1.54) is 12.1 Å². The molecule has 2 aromatic carbocycles. The van der Waals surface area contributed by atoms with Gasteiger partial charge in [0, 0.05) is 11.3 Å². The summed E-state index contributed by atoms with van der Waals surface area (Å²) in [6.45, 7) is 3.71. The predicted octanol–water partition coefficient (Wildman–Crippen LogP) is 2.53. The molecule has 0 heterocycles. The fourth-order valence-corrected chi connectivity index (χ4v) is 1.84. The van der Waals surface area contributed by atoms with E-state index in [2.05, 4.69) is 15.8 Å². The van der Waals surface area contributed by atoms with Crippen LogP contribution in [0.1, 0.15) is 16.7 Å². The summed E-state index contributed by atoms with van der Waals surface area (Å²) < 4.78 is 13.4. The van der Waals surface area contributed by atoms with Gasteiger partial charge in [-0.25, -0.2) is 9.82 Å². The van der Waals surface area contributed by atoms with E-state index in [-0.39, 0.29) is 5.56 Å². The van der Waals surface area contributed by atoms with Gasteiger partial charge < -0.3 is 5.32 Å². The van der Waals surface area contributed by atoms with E-state index in [9.17, 15) is 14.0 Å². The third-order valence-corrected chi connectivity index (χ3v) is 3.12. The Bertz CT molecular complexity index is 772. The molecule has 0 bridgehead atoms. The molecule has 0 aliphatic rings. The highest BCUT2D eigenvalue weighted by molar-refractivity contribution is 6.39. The second-order valence-corrected chi connectivity index (χ2v) is 4.99. The highest BCUT2D eigenvalue weighted by atomic mass is 19.1. The monoisotopic (exact) mass is 313 g/mol. The number of aryl methyl sites for hydroxylation is 2. The Morgan fingerprint density at radius 2 is 1.83 bits per heavy atom. The third-order valence-electron chi connectivity index (χ3n) is 3.12. The lowest BCUT2D eigenvalue weighted by molar-refractivity contribution is -0.136. The van der Waals surface area contributed by atoms with Gasteiger partial charge in [-0.05, 0) is 37.1 Å². The molecule has 0 atom stereocenters. The minimum absolute atomic E-state index is 0.211. The van der Waals surface area contributed by atoms with Crippen LogP contribution in [0, 0.1) is 19.7 Å². The number of benzene rings is 2. The first kappa shape index (κ1) is 16.4. The van der Waals surface area contributed by atoms with Crippen molar-refractivity contribution in [3.05, 3.63) is 65.0 Å². The van der Waals surface area contributed by atoms with Crippen molar-refractivity contribution in [2.45, 2.75) is 13.8 Å². The summed E-state index contributed by atoms with van der Waals surface area (Å²) >= 11 is 0. The van der Waals surface area contributed by atoms with Gasteiger partial charge in [-0.1, -0.05) is 30.3 Å². The number of nitrogens with one attached hydrogen (secondary N) is 2. The van der Waals surface area contributed by atoms with Gasteiger partial charge in [0.2, 0.25) is 0 Å². The number of nitrogens with zero attached hydrogens (tertiary/aromatic N) is 1. The van der Waals surface area contributed by atoms with Gasteiger partial charge in [-0.15, -0.1) is 0 Å². The van der Waals surface area contributed by atoms with Crippen molar-refractivity contribution >= 4 is 23.7 Å². The van der Waals surface area contributed by atoms with Gasteiger partial charge in [-0.3, -0.25) is 9.59 Å². The molecule has 0 aliphatic carbocycles. The molecule has 23 heavy (non-hydrogen) atoms. The lowest BCUT2D eigenvalue weighted by Crippen LogP contribution is -2.32. The van der Waals surface area contributed by atoms with E-state index in [4.69, 9.17) is 0 Å². The van der Waals surface area contributed by atoms with Crippen molar-refractivity contribution in [1.29, 1.82) is 0 Å².